The van der Waals surface area contributed by atoms with Crippen molar-refractivity contribution in [2.75, 3.05) is 0 Å². The van der Waals surface area contributed by atoms with E-state index >= 15 is 0 Å². The molecule has 4 rings (SSSR count). The lowest BCUT2D eigenvalue weighted by molar-refractivity contribution is 0.794. The van der Waals surface area contributed by atoms with Gasteiger partial charge in [0.05, 0.1) is 11.4 Å². The van der Waals surface area contributed by atoms with Crippen LogP contribution in [0, 0.1) is 4.91 Å². The highest BCUT2D eigenvalue weighted by molar-refractivity contribution is 5.70. The van der Waals surface area contributed by atoms with Crippen LogP contribution < -0.4 is 0 Å². The van der Waals surface area contributed by atoms with Crippen molar-refractivity contribution in [2.24, 2.45) is 5.18 Å². The van der Waals surface area contributed by atoms with Gasteiger partial charge in [-0.05, 0) is 23.3 Å². The van der Waals surface area contributed by atoms with Gasteiger partial charge in [0.1, 0.15) is 0 Å². The van der Waals surface area contributed by atoms with Crippen LogP contribution in [0.5, 0.6) is 0 Å². The van der Waals surface area contributed by atoms with Gasteiger partial charge < -0.3 is 0 Å². The van der Waals surface area contributed by atoms with E-state index in [4.69, 9.17) is 0 Å². The second-order valence-electron chi connectivity index (χ2n) is 6.11. The summed E-state index contributed by atoms with van der Waals surface area (Å²) >= 11 is 0. The average molecular weight is 351 g/mol. The number of hydrogen-bond donors (Lipinski definition) is 0. The van der Waals surface area contributed by atoms with Crippen LogP contribution in [-0.2, 0) is 0 Å². The Labute approximate surface area is 157 Å². The molecule has 0 saturated heterocycles. The van der Waals surface area contributed by atoms with E-state index in [0.717, 1.165) is 22.3 Å². The fourth-order valence-electron chi connectivity index (χ4n) is 3.22. The molecule has 130 valence electrons. The summed E-state index contributed by atoms with van der Waals surface area (Å²) < 4.78 is 0. The lowest BCUT2D eigenvalue weighted by atomic mass is 9.94. The normalized spacial score (nSPS) is 10.7. The second kappa shape index (κ2) is 7.70. The zero-order chi connectivity index (χ0) is 18.5. The number of hydrogen-bond acceptors (Lipinski definition) is 4. The summed E-state index contributed by atoms with van der Waals surface area (Å²) in [4.78, 5) is 21.0. The highest BCUT2D eigenvalue weighted by Gasteiger charge is 2.24. The summed E-state index contributed by atoms with van der Waals surface area (Å²) in [5, 5.41) is 3.43. The van der Waals surface area contributed by atoms with E-state index in [2.05, 4.69) is 15.1 Å². The largest absolute Gasteiger partial charge is 0.258 e. The lowest BCUT2D eigenvalue weighted by Crippen LogP contribution is -2.06. The Morgan fingerprint density at radius 2 is 1.04 bits per heavy atom. The molecule has 0 fully saturated rings. The van der Waals surface area contributed by atoms with Gasteiger partial charge in [0, 0.05) is 23.5 Å². The second-order valence-corrected chi connectivity index (χ2v) is 6.11. The van der Waals surface area contributed by atoms with E-state index in [1.165, 1.54) is 0 Å². The first kappa shape index (κ1) is 16.8. The number of nitrogens with zero attached hydrogens (tertiary/aromatic N) is 3. The van der Waals surface area contributed by atoms with Gasteiger partial charge in [-0.3, -0.25) is 9.97 Å². The number of aromatic nitrogens is 2. The van der Waals surface area contributed by atoms with E-state index in [-0.39, 0.29) is 0 Å². The van der Waals surface area contributed by atoms with Gasteiger partial charge in [0.25, 0.3) is 0 Å². The molecule has 0 amide bonds. The summed E-state index contributed by atoms with van der Waals surface area (Å²) in [6.07, 6.45) is 3.37. The molecule has 0 spiro atoms. The molecule has 4 nitrogen and oxygen atoms in total. The zero-order valence-corrected chi connectivity index (χ0v) is 14.6. The van der Waals surface area contributed by atoms with Gasteiger partial charge in [-0.2, -0.15) is 0 Å². The molecule has 4 heteroatoms. The van der Waals surface area contributed by atoms with Gasteiger partial charge in [-0.15, -0.1) is 4.91 Å². The topological polar surface area (TPSA) is 55.2 Å². The maximum absolute atomic E-state index is 11.9. The average Bonchev–Trinajstić information content (AvgIpc) is 2.76. The molecule has 0 bridgehead atoms. The van der Waals surface area contributed by atoms with Crippen molar-refractivity contribution in [3.05, 3.63) is 114 Å². The number of nitroso groups, excluding NO2 is 1. The first-order valence-corrected chi connectivity index (χ1v) is 8.71. The SMILES string of the molecule is O=NC(c1ncccc1-c1ccccc1)c1ncccc1-c1ccccc1. The van der Waals surface area contributed by atoms with Crippen LogP contribution in [0.4, 0.5) is 0 Å². The van der Waals surface area contributed by atoms with Crippen molar-refractivity contribution in [1.29, 1.82) is 0 Å². The first-order valence-electron chi connectivity index (χ1n) is 8.71. The number of pyridine rings is 2. The summed E-state index contributed by atoms with van der Waals surface area (Å²) in [5.74, 6) is 0. The predicted molar refractivity (Wildman–Crippen MR) is 107 cm³/mol. The van der Waals surface area contributed by atoms with Gasteiger partial charge >= 0.3 is 0 Å². The third-order valence-corrected chi connectivity index (χ3v) is 4.47. The smallest absolute Gasteiger partial charge is 0.177 e. The first-order chi connectivity index (χ1) is 13.4. The van der Waals surface area contributed by atoms with Crippen molar-refractivity contribution in [3.63, 3.8) is 0 Å². The van der Waals surface area contributed by atoms with Crippen molar-refractivity contribution in [1.82, 2.24) is 9.97 Å². The molecule has 2 aromatic heterocycles. The van der Waals surface area contributed by atoms with Gasteiger partial charge in [-0.1, -0.05) is 78.0 Å². The van der Waals surface area contributed by atoms with E-state index in [0.29, 0.717) is 11.4 Å². The maximum atomic E-state index is 11.9. The fourth-order valence-corrected chi connectivity index (χ4v) is 3.22. The monoisotopic (exact) mass is 351 g/mol. The summed E-state index contributed by atoms with van der Waals surface area (Å²) in [5.41, 5.74) is 4.96. The van der Waals surface area contributed by atoms with E-state index < -0.39 is 6.04 Å². The molecule has 2 aromatic carbocycles. The van der Waals surface area contributed by atoms with Gasteiger partial charge in [0.15, 0.2) is 6.04 Å². The van der Waals surface area contributed by atoms with E-state index in [9.17, 15) is 4.91 Å². The van der Waals surface area contributed by atoms with Crippen LogP contribution in [0.15, 0.2) is 102 Å². The van der Waals surface area contributed by atoms with Crippen LogP contribution in [-0.4, -0.2) is 9.97 Å². The zero-order valence-electron chi connectivity index (χ0n) is 14.6. The Hall–Kier alpha value is -3.66. The van der Waals surface area contributed by atoms with Gasteiger partial charge in [-0.25, -0.2) is 0 Å². The minimum Gasteiger partial charge on any atom is -0.258 e. The van der Waals surface area contributed by atoms with Crippen LogP contribution in [0.25, 0.3) is 22.3 Å². The van der Waals surface area contributed by atoms with Crippen molar-refractivity contribution < 1.29 is 0 Å². The molecule has 27 heavy (non-hydrogen) atoms. The van der Waals surface area contributed by atoms with Crippen molar-refractivity contribution in [3.8, 4) is 22.3 Å². The summed E-state index contributed by atoms with van der Waals surface area (Å²) in [7, 11) is 0. The highest BCUT2D eigenvalue weighted by Crippen LogP contribution is 2.36. The van der Waals surface area contributed by atoms with E-state index in [1.807, 2.05) is 84.9 Å². The quantitative estimate of drug-likeness (QED) is 0.436. The highest BCUT2D eigenvalue weighted by atomic mass is 16.3. The van der Waals surface area contributed by atoms with Crippen molar-refractivity contribution >= 4 is 0 Å². The van der Waals surface area contributed by atoms with Crippen molar-refractivity contribution in [2.45, 2.75) is 6.04 Å². The minimum atomic E-state index is -0.794. The molecule has 4 aromatic rings. The minimum absolute atomic E-state index is 0.606. The summed E-state index contributed by atoms with van der Waals surface area (Å²) in [6.45, 7) is 0. The lowest BCUT2D eigenvalue weighted by Gasteiger charge is -2.16. The number of rotatable bonds is 5. The Morgan fingerprint density at radius 1 is 0.593 bits per heavy atom. The molecule has 0 aliphatic heterocycles. The van der Waals surface area contributed by atoms with Crippen LogP contribution in [0.1, 0.15) is 17.4 Å². The summed E-state index contributed by atoms with van der Waals surface area (Å²) in [6, 6.07) is 26.6. The Bertz CT molecular complexity index is 966. The Morgan fingerprint density at radius 3 is 1.44 bits per heavy atom. The van der Waals surface area contributed by atoms with Crippen LogP contribution in [0.3, 0.4) is 0 Å². The predicted octanol–water partition coefficient (Wildman–Crippen LogP) is 5.67. The Balaban J connectivity index is 1.88. The molecule has 0 atom stereocenters. The molecule has 0 saturated carbocycles. The third kappa shape index (κ3) is 3.37. The van der Waals surface area contributed by atoms with Crippen LogP contribution >= 0.6 is 0 Å². The standard InChI is InChI=1S/C23H17N3O/c27-26-23(21-19(13-7-15-24-21)17-9-3-1-4-10-17)22-20(14-8-16-25-22)18-11-5-2-6-12-18/h1-16,23H. The molecule has 0 N–H and O–H groups in total. The van der Waals surface area contributed by atoms with Gasteiger partial charge in [0.2, 0.25) is 0 Å². The van der Waals surface area contributed by atoms with E-state index in [1.54, 1.807) is 12.4 Å². The number of benzene rings is 2. The van der Waals surface area contributed by atoms with Crippen LogP contribution in [0.2, 0.25) is 0 Å². The molecule has 0 aliphatic rings. The fraction of sp³-hybridized carbons (Fsp3) is 0.0435. The molecular formula is C23H17N3O. The molecule has 0 radical (unpaired) electrons. The molecule has 2 heterocycles. The Kier molecular flexibility index (Phi) is 4.79. The molecule has 0 aliphatic carbocycles. The maximum Gasteiger partial charge on any atom is 0.177 e. The molecule has 0 unspecified atom stereocenters. The third-order valence-electron chi connectivity index (χ3n) is 4.47. The molecular weight excluding hydrogens is 334 g/mol.